The fourth-order valence-corrected chi connectivity index (χ4v) is 3.96. The highest BCUT2D eigenvalue weighted by atomic mass is 32.1. The molecule has 4 heterocycles. The highest BCUT2D eigenvalue weighted by Crippen LogP contribution is 2.24. The summed E-state index contributed by atoms with van der Waals surface area (Å²) in [5.74, 6) is 0. The lowest BCUT2D eigenvalue weighted by atomic mass is 10.1. The largest absolute Gasteiger partial charge is 0.380 e. The average Bonchev–Trinajstić information content (AvgIpc) is 3.33. The van der Waals surface area contributed by atoms with Gasteiger partial charge in [0.2, 0.25) is 0 Å². The summed E-state index contributed by atoms with van der Waals surface area (Å²) in [6.45, 7) is 5.59. The molecule has 3 aromatic rings. The van der Waals surface area contributed by atoms with E-state index in [1.54, 1.807) is 22.2 Å². The molecule has 4 rings (SSSR count). The maximum absolute atomic E-state index is 10.6. The first kappa shape index (κ1) is 16.4. The number of nitrogens with zero attached hydrogens (tertiary/aromatic N) is 6. The molecule has 1 N–H and O–H groups in total. The van der Waals surface area contributed by atoms with Crippen molar-refractivity contribution in [2.75, 3.05) is 6.54 Å². The molecule has 0 aliphatic carbocycles. The zero-order chi connectivity index (χ0) is 17.4. The van der Waals surface area contributed by atoms with Gasteiger partial charge >= 0.3 is 0 Å². The van der Waals surface area contributed by atoms with Crippen LogP contribution < -0.4 is 0 Å². The summed E-state index contributed by atoms with van der Waals surface area (Å²) in [7, 11) is 1.83. The van der Waals surface area contributed by atoms with Gasteiger partial charge in [0.25, 0.3) is 0 Å². The Labute approximate surface area is 150 Å². The SMILES string of the molecule is CCc1nc(CN2CCn3nc(C(O)c4ccnn4C)cc3C2)cs1. The summed E-state index contributed by atoms with van der Waals surface area (Å²) < 4.78 is 3.69. The lowest BCUT2D eigenvalue weighted by Gasteiger charge is -2.26. The summed E-state index contributed by atoms with van der Waals surface area (Å²) in [5, 5.41) is 22.6. The first-order chi connectivity index (χ1) is 12.1. The molecule has 0 radical (unpaired) electrons. The Hall–Kier alpha value is -2.03. The summed E-state index contributed by atoms with van der Waals surface area (Å²) in [6.07, 6.45) is 1.94. The molecule has 132 valence electrons. The Morgan fingerprint density at radius 1 is 1.36 bits per heavy atom. The van der Waals surface area contributed by atoms with E-state index in [1.165, 1.54) is 5.01 Å². The van der Waals surface area contributed by atoms with Gasteiger partial charge < -0.3 is 5.11 Å². The molecule has 0 saturated carbocycles. The van der Waals surface area contributed by atoms with E-state index < -0.39 is 6.10 Å². The van der Waals surface area contributed by atoms with Crippen LogP contribution >= 0.6 is 11.3 Å². The number of fused-ring (bicyclic) bond motifs is 1. The van der Waals surface area contributed by atoms with Crippen LogP contribution in [0.5, 0.6) is 0 Å². The molecule has 7 nitrogen and oxygen atoms in total. The smallest absolute Gasteiger partial charge is 0.139 e. The van der Waals surface area contributed by atoms with Gasteiger partial charge in [-0.2, -0.15) is 10.2 Å². The van der Waals surface area contributed by atoms with Crippen LogP contribution in [0.2, 0.25) is 0 Å². The summed E-state index contributed by atoms with van der Waals surface area (Å²) in [5.41, 5.74) is 3.71. The first-order valence-electron chi connectivity index (χ1n) is 8.52. The minimum atomic E-state index is -0.746. The normalized spacial score (nSPS) is 16.1. The van der Waals surface area contributed by atoms with E-state index in [0.717, 1.165) is 49.7 Å². The Balaban J connectivity index is 1.48. The standard InChI is InChI=1S/C17H22N6OS/c1-3-16-19-12(11-25-16)9-22-6-7-23-13(10-22)8-14(20-23)17(24)15-4-5-18-21(15)2/h4-5,8,11,17,24H,3,6-7,9-10H2,1-2H3. The molecular weight excluding hydrogens is 336 g/mol. The minimum absolute atomic E-state index is 0.683. The van der Waals surface area contributed by atoms with Gasteiger partial charge in [-0.3, -0.25) is 14.3 Å². The van der Waals surface area contributed by atoms with Gasteiger partial charge in [0.15, 0.2) is 0 Å². The number of aliphatic hydroxyl groups is 1. The number of hydrogen-bond donors (Lipinski definition) is 1. The second kappa shape index (κ2) is 6.70. The number of thiazole rings is 1. The van der Waals surface area contributed by atoms with Crippen molar-refractivity contribution in [2.24, 2.45) is 7.05 Å². The fourth-order valence-electron chi connectivity index (χ4n) is 3.23. The van der Waals surface area contributed by atoms with Crippen LogP contribution in [0.1, 0.15) is 40.8 Å². The average molecular weight is 358 g/mol. The number of aryl methyl sites for hydroxylation is 2. The Kier molecular flexibility index (Phi) is 4.41. The fraction of sp³-hybridized carbons (Fsp3) is 0.471. The number of hydrogen-bond acceptors (Lipinski definition) is 6. The van der Waals surface area contributed by atoms with Crippen LogP contribution in [0.3, 0.4) is 0 Å². The van der Waals surface area contributed by atoms with Crippen LogP contribution in [-0.4, -0.2) is 41.1 Å². The first-order valence-corrected chi connectivity index (χ1v) is 9.40. The molecule has 0 fully saturated rings. The third-order valence-corrected chi connectivity index (χ3v) is 5.64. The van der Waals surface area contributed by atoms with Crippen molar-refractivity contribution < 1.29 is 5.11 Å². The molecule has 1 unspecified atom stereocenters. The molecule has 0 aromatic carbocycles. The van der Waals surface area contributed by atoms with Crippen LogP contribution in [-0.2, 0) is 33.1 Å². The van der Waals surface area contributed by atoms with Gasteiger partial charge in [-0.25, -0.2) is 4.98 Å². The number of rotatable bonds is 5. The zero-order valence-electron chi connectivity index (χ0n) is 14.5. The van der Waals surface area contributed by atoms with Crippen LogP contribution in [0.25, 0.3) is 0 Å². The third-order valence-electron chi connectivity index (χ3n) is 4.60. The molecule has 0 amide bonds. The lowest BCUT2D eigenvalue weighted by Crippen LogP contribution is -2.33. The van der Waals surface area contributed by atoms with E-state index in [-0.39, 0.29) is 0 Å². The van der Waals surface area contributed by atoms with Gasteiger partial charge in [-0.05, 0) is 18.6 Å². The quantitative estimate of drug-likeness (QED) is 0.752. The summed E-state index contributed by atoms with van der Waals surface area (Å²) in [4.78, 5) is 7.04. The minimum Gasteiger partial charge on any atom is -0.380 e. The molecule has 0 spiro atoms. The highest BCUT2D eigenvalue weighted by Gasteiger charge is 2.23. The van der Waals surface area contributed by atoms with Gasteiger partial charge in [-0.1, -0.05) is 6.92 Å². The van der Waals surface area contributed by atoms with Crippen molar-refractivity contribution in [3.63, 3.8) is 0 Å². The van der Waals surface area contributed by atoms with E-state index >= 15 is 0 Å². The molecule has 1 aliphatic rings. The van der Waals surface area contributed by atoms with Gasteiger partial charge in [0, 0.05) is 38.3 Å². The molecule has 8 heteroatoms. The molecule has 0 bridgehead atoms. The molecule has 0 saturated heterocycles. The second-order valence-corrected chi connectivity index (χ2v) is 7.31. The number of aromatic nitrogens is 5. The zero-order valence-corrected chi connectivity index (χ0v) is 15.3. The van der Waals surface area contributed by atoms with Crippen molar-refractivity contribution in [1.29, 1.82) is 0 Å². The molecule has 25 heavy (non-hydrogen) atoms. The van der Waals surface area contributed by atoms with E-state index in [0.29, 0.717) is 5.69 Å². The summed E-state index contributed by atoms with van der Waals surface area (Å²) in [6, 6.07) is 3.82. The van der Waals surface area contributed by atoms with Crippen molar-refractivity contribution in [2.45, 2.75) is 39.1 Å². The van der Waals surface area contributed by atoms with Crippen molar-refractivity contribution >= 4 is 11.3 Å². The van der Waals surface area contributed by atoms with Crippen LogP contribution in [0.4, 0.5) is 0 Å². The maximum atomic E-state index is 10.6. The number of aliphatic hydroxyl groups excluding tert-OH is 1. The maximum Gasteiger partial charge on any atom is 0.139 e. The van der Waals surface area contributed by atoms with E-state index in [4.69, 9.17) is 0 Å². The van der Waals surface area contributed by atoms with Gasteiger partial charge in [0.1, 0.15) is 6.10 Å². The van der Waals surface area contributed by atoms with Crippen molar-refractivity contribution in [1.82, 2.24) is 29.4 Å². The molecule has 3 aromatic heterocycles. The van der Waals surface area contributed by atoms with Crippen molar-refractivity contribution in [3.05, 3.63) is 51.5 Å². The van der Waals surface area contributed by atoms with Gasteiger partial charge in [-0.15, -0.1) is 11.3 Å². The highest BCUT2D eigenvalue weighted by molar-refractivity contribution is 7.09. The molecule has 1 atom stereocenters. The van der Waals surface area contributed by atoms with Crippen LogP contribution in [0, 0.1) is 0 Å². The monoisotopic (exact) mass is 358 g/mol. The van der Waals surface area contributed by atoms with E-state index in [2.05, 4.69) is 32.4 Å². The Morgan fingerprint density at radius 2 is 2.24 bits per heavy atom. The Bertz CT molecular complexity index is 866. The predicted octanol–water partition coefficient (Wildman–Crippen LogP) is 1.73. The topological polar surface area (TPSA) is 72.0 Å². The van der Waals surface area contributed by atoms with E-state index in [9.17, 15) is 5.11 Å². The second-order valence-electron chi connectivity index (χ2n) is 6.36. The van der Waals surface area contributed by atoms with Crippen molar-refractivity contribution in [3.8, 4) is 0 Å². The Morgan fingerprint density at radius 3 is 2.96 bits per heavy atom. The summed E-state index contributed by atoms with van der Waals surface area (Å²) >= 11 is 1.73. The van der Waals surface area contributed by atoms with E-state index in [1.807, 2.05) is 23.9 Å². The molecule has 1 aliphatic heterocycles. The van der Waals surface area contributed by atoms with Crippen LogP contribution in [0.15, 0.2) is 23.7 Å². The van der Waals surface area contributed by atoms with Gasteiger partial charge in [0.05, 0.1) is 34.3 Å². The predicted molar refractivity (Wildman–Crippen MR) is 95.1 cm³/mol. The third kappa shape index (κ3) is 3.24. The molecular formula is C17H22N6OS. The lowest BCUT2D eigenvalue weighted by molar-refractivity contribution is 0.195.